The second-order valence-corrected chi connectivity index (χ2v) is 8.85. The molecule has 3 aromatic carbocycles. The maximum Gasteiger partial charge on any atom is 0.422 e. The van der Waals surface area contributed by atoms with Gasteiger partial charge in [-0.25, -0.2) is 4.98 Å². The summed E-state index contributed by atoms with van der Waals surface area (Å²) in [5.41, 5.74) is 2.32. The fourth-order valence-corrected chi connectivity index (χ4v) is 4.13. The number of ether oxygens (including phenoxy) is 2. The van der Waals surface area contributed by atoms with E-state index in [1.54, 1.807) is 36.4 Å². The zero-order valence-electron chi connectivity index (χ0n) is 19.8. The molecule has 0 aliphatic heterocycles. The number of fused-ring (bicyclic) bond motifs is 1. The molecule has 2 aromatic heterocycles. The molecule has 0 amide bonds. The molecule has 0 saturated heterocycles. The summed E-state index contributed by atoms with van der Waals surface area (Å²) in [5, 5.41) is 1.47. The number of alkyl halides is 3. The Bertz CT molecular complexity index is 1650. The number of halogens is 4. The van der Waals surface area contributed by atoms with Crippen LogP contribution in [0.3, 0.4) is 0 Å². The number of rotatable bonds is 7. The highest BCUT2D eigenvalue weighted by Crippen LogP contribution is 2.37. The highest BCUT2D eigenvalue weighted by atomic mass is 35.5. The normalized spacial score (nSPS) is 11.5. The predicted molar refractivity (Wildman–Crippen MR) is 140 cm³/mol. The molecule has 0 bridgehead atoms. The molecule has 0 spiro atoms. The van der Waals surface area contributed by atoms with Gasteiger partial charge in [-0.15, -0.1) is 0 Å². The van der Waals surface area contributed by atoms with Crippen LogP contribution in [0.25, 0.3) is 27.7 Å². The summed E-state index contributed by atoms with van der Waals surface area (Å²) in [6.45, 7) is -1.31. The number of nitrogens with zero attached hydrogens (tertiary/aromatic N) is 2. The van der Waals surface area contributed by atoms with Gasteiger partial charge in [-0.3, -0.25) is 9.36 Å². The van der Waals surface area contributed by atoms with Gasteiger partial charge in [0.2, 0.25) is 0 Å². The number of aromatic nitrogens is 2. The van der Waals surface area contributed by atoms with Crippen LogP contribution in [-0.4, -0.2) is 22.3 Å². The van der Waals surface area contributed by atoms with Crippen LogP contribution in [0.15, 0.2) is 102 Å². The third-order valence-electron chi connectivity index (χ3n) is 5.72. The van der Waals surface area contributed by atoms with Crippen molar-refractivity contribution in [1.29, 1.82) is 0 Å². The summed E-state index contributed by atoms with van der Waals surface area (Å²) < 4.78 is 51.0. The zero-order chi connectivity index (χ0) is 26.7. The Morgan fingerprint density at radius 1 is 0.868 bits per heavy atom. The van der Waals surface area contributed by atoms with E-state index >= 15 is 0 Å². The Kier molecular flexibility index (Phi) is 7.07. The van der Waals surface area contributed by atoms with Crippen molar-refractivity contribution in [2.45, 2.75) is 12.8 Å². The van der Waals surface area contributed by atoms with E-state index in [-0.39, 0.29) is 12.4 Å². The van der Waals surface area contributed by atoms with Crippen LogP contribution in [0.1, 0.15) is 5.69 Å². The van der Waals surface area contributed by atoms with Crippen LogP contribution in [0, 0.1) is 0 Å². The Morgan fingerprint density at radius 2 is 1.66 bits per heavy atom. The number of para-hydroxylation sites is 1. The second kappa shape index (κ2) is 10.6. The largest absolute Gasteiger partial charge is 0.487 e. The molecule has 2 heterocycles. The maximum absolute atomic E-state index is 13.1. The molecule has 0 fully saturated rings. The van der Waals surface area contributed by atoms with Crippen LogP contribution in [0.2, 0.25) is 5.02 Å². The van der Waals surface area contributed by atoms with Gasteiger partial charge in [-0.05, 0) is 48.0 Å². The minimum atomic E-state index is -4.52. The molecule has 192 valence electrons. The molecule has 9 heteroatoms. The smallest absolute Gasteiger partial charge is 0.422 e. The zero-order valence-corrected chi connectivity index (χ0v) is 20.5. The van der Waals surface area contributed by atoms with Gasteiger partial charge in [0.15, 0.2) is 6.61 Å². The lowest BCUT2D eigenvalue weighted by Crippen LogP contribution is -2.21. The summed E-state index contributed by atoms with van der Waals surface area (Å²) in [4.78, 5) is 17.7. The van der Waals surface area contributed by atoms with Crippen LogP contribution >= 0.6 is 11.6 Å². The Balaban J connectivity index is 1.46. The van der Waals surface area contributed by atoms with Crippen molar-refractivity contribution in [3.05, 3.63) is 118 Å². The van der Waals surface area contributed by atoms with Crippen LogP contribution in [0.5, 0.6) is 11.5 Å². The van der Waals surface area contributed by atoms with Gasteiger partial charge < -0.3 is 9.47 Å². The van der Waals surface area contributed by atoms with Crippen LogP contribution in [0.4, 0.5) is 13.2 Å². The van der Waals surface area contributed by atoms with Crippen LogP contribution < -0.4 is 15.0 Å². The van der Waals surface area contributed by atoms with Crippen molar-refractivity contribution < 1.29 is 22.6 Å². The molecule has 0 atom stereocenters. The minimum Gasteiger partial charge on any atom is -0.487 e. The SMILES string of the molecule is O=c1cc(OCc2ccc3ccccc3n2)ccn1-c1cccc(OCC(F)(F)F)c1-c1ccc(Cl)cc1. The van der Waals surface area contributed by atoms with Crippen molar-refractivity contribution in [3.8, 4) is 28.3 Å². The molecule has 5 nitrogen and oxygen atoms in total. The monoisotopic (exact) mass is 536 g/mol. The molecule has 38 heavy (non-hydrogen) atoms. The van der Waals surface area contributed by atoms with E-state index in [9.17, 15) is 18.0 Å². The summed E-state index contributed by atoms with van der Waals surface area (Å²) in [6, 6.07) is 25.6. The van der Waals surface area contributed by atoms with E-state index < -0.39 is 18.3 Å². The highest BCUT2D eigenvalue weighted by Gasteiger charge is 2.29. The molecule has 0 saturated carbocycles. The van der Waals surface area contributed by atoms with Gasteiger partial charge in [0, 0.05) is 28.2 Å². The molecule has 5 rings (SSSR count). The van der Waals surface area contributed by atoms with E-state index in [0.717, 1.165) is 10.9 Å². The van der Waals surface area contributed by atoms with E-state index in [0.29, 0.717) is 33.3 Å². The number of benzene rings is 3. The average Bonchev–Trinajstić information content (AvgIpc) is 2.91. The predicted octanol–water partition coefficient (Wildman–Crippen LogP) is 7.23. The summed E-state index contributed by atoms with van der Waals surface area (Å²) in [6.07, 6.45) is -3.02. The first-order valence-corrected chi connectivity index (χ1v) is 11.9. The first kappa shape index (κ1) is 25.4. The van der Waals surface area contributed by atoms with Gasteiger partial charge in [0.25, 0.3) is 5.56 Å². The van der Waals surface area contributed by atoms with E-state index in [4.69, 9.17) is 21.1 Å². The van der Waals surface area contributed by atoms with E-state index in [2.05, 4.69) is 4.98 Å². The molecular weight excluding hydrogens is 517 g/mol. The quantitative estimate of drug-likeness (QED) is 0.220. The van der Waals surface area contributed by atoms with Gasteiger partial charge in [-0.1, -0.05) is 54.1 Å². The van der Waals surface area contributed by atoms with Gasteiger partial charge in [-0.2, -0.15) is 13.2 Å². The van der Waals surface area contributed by atoms with Gasteiger partial charge in [0.05, 0.1) is 16.9 Å². The average molecular weight is 537 g/mol. The molecular formula is C29H20ClF3N2O3. The van der Waals surface area contributed by atoms with Gasteiger partial charge >= 0.3 is 6.18 Å². The topological polar surface area (TPSA) is 53.3 Å². The lowest BCUT2D eigenvalue weighted by Gasteiger charge is -2.18. The second-order valence-electron chi connectivity index (χ2n) is 8.42. The molecule has 0 aliphatic rings. The molecule has 5 aromatic rings. The summed E-state index contributed by atoms with van der Waals surface area (Å²) in [7, 11) is 0. The molecule has 0 aliphatic carbocycles. The lowest BCUT2D eigenvalue weighted by atomic mass is 10.0. The molecule has 0 radical (unpaired) electrons. The Labute approximate surface area is 220 Å². The van der Waals surface area contributed by atoms with Crippen molar-refractivity contribution in [1.82, 2.24) is 9.55 Å². The fourth-order valence-electron chi connectivity index (χ4n) is 4.00. The standard InChI is InChI=1S/C29H20ClF3N2O3/c30-21-11-8-20(9-12-21)28-25(6-3-7-26(28)38-18-29(31,32)33)35-15-14-23(16-27(35)36)37-17-22-13-10-19-4-1-2-5-24(19)34-22/h1-16H,17-18H2. The minimum absolute atomic E-state index is 0.0169. The third-order valence-corrected chi connectivity index (χ3v) is 5.97. The highest BCUT2D eigenvalue weighted by molar-refractivity contribution is 6.30. The van der Waals surface area contributed by atoms with Crippen molar-refractivity contribution in [2.24, 2.45) is 0 Å². The van der Waals surface area contributed by atoms with E-state index in [1.807, 2.05) is 36.4 Å². The lowest BCUT2D eigenvalue weighted by molar-refractivity contribution is -0.153. The van der Waals surface area contributed by atoms with Crippen molar-refractivity contribution in [3.63, 3.8) is 0 Å². The summed E-state index contributed by atoms with van der Waals surface area (Å²) >= 11 is 6.01. The fraction of sp³-hybridized carbons (Fsp3) is 0.103. The van der Waals surface area contributed by atoms with Crippen molar-refractivity contribution in [2.75, 3.05) is 6.61 Å². The maximum atomic E-state index is 13.1. The van der Waals surface area contributed by atoms with Crippen LogP contribution in [-0.2, 0) is 6.61 Å². The number of pyridine rings is 2. The third kappa shape index (κ3) is 5.81. The number of hydrogen-bond acceptors (Lipinski definition) is 4. The molecule has 0 N–H and O–H groups in total. The van der Waals surface area contributed by atoms with Crippen molar-refractivity contribution >= 4 is 22.5 Å². The first-order valence-electron chi connectivity index (χ1n) is 11.6. The number of hydrogen-bond donors (Lipinski definition) is 0. The molecule has 0 unspecified atom stereocenters. The van der Waals surface area contributed by atoms with E-state index in [1.165, 1.54) is 29.0 Å². The Morgan fingerprint density at radius 3 is 2.42 bits per heavy atom. The first-order chi connectivity index (χ1) is 18.3. The van der Waals surface area contributed by atoms with Gasteiger partial charge in [0.1, 0.15) is 18.1 Å². The Hall–Kier alpha value is -4.30. The summed E-state index contributed by atoms with van der Waals surface area (Å²) in [5.74, 6) is 0.315.